The van der Waals surface area contributed by atoms with Gasteiger partial charge >= 0.3 is 11.4 Å². The van der Waals surface area contributed by atoms with Crippen molar-refractivity contribution in [2.75, 3.05) is 7.11 Å². The van der Waals surface area contributed by atoms with Crippen LogP contribution in [0.3, 0.4) is 0 Å². The van der Waals surface area contributed by atoms with Crippen molar-refractivity contribution >= 4 is 29.0 Å². The van der Waals surface area contributed by atoms with Gasteiger partial charge < -0.3 is 14.4 Å². The number of hydrogen-bond acceptors (Lipinski definition) is 9. The van der Waals surface area contributed by atoms with Crippen LogP contribution in [-0.2, 0) is 25.4 Å². The molecule has 31 heavy (non-hydrogen) atoms. The summed E-state index contributed by atoms with van der Waals surface area (Å²) in [6.45, 7) is -0.298. The third-order valence-corrected chi connectivity index (χ3v) is 4.42. The van der Waals surface area contributed by atoms with Crippen molar-refractivity contribution < 1.29 is 19.6 Å². The molecule has 0 fully saturated rings. The molecule has 0 unspecified atom stereocenters. The first kappa shape index (κ1) is 21.2. The average Bonchev–Trinajstić information content (AvgIpc) is 3.14. The lowest BCUT2D eigenvalue weighted by Gasteiger charge is -2.08. The maximum Gasteiger partial charge on any atom is 0.332 e. The monoisotopic (exact) mass is 431 g/mol. The molecule has 0 spiro atoms. The maximum atomic E-state index is 12.2. The number of nitrogens with zero attached hydrogens (tertiary/aromatic N) is 6. The molecule has 0 radical (unpaired) electrons. The van der Waals surface area contributed by atoms with Crippen molar-refractivity contribution in [1.29, 1.82) is 0 Å². The molecule has 1 aromatic carbocycles. The maximum absolute atomic E-state index is 12.2. The minimum absolute atomic E-state index is 0.0319. The van der Waals surface area contributed by atoms with Crippen LogP contribution in [0, 0.1) is 10.1 Å². The molecule has 2 N–H and O–H groups in total. The highest BCUT2D eigenvalue weighted by molar-refractivity contribution is 5.85. The van der Waals surface area contributed by atoms with Gasteiger partial charge in [-0.05, 0) is 6.07 Å². The fourth-order valence-electron chi connectivity index (χ4n) is 2.91. The van der Waals surface area contributed by atoms with Crippen molar-refractivity contribution in [2.45, 2.75) is 6.54 Å². The van der Waals surface area contributed by atoms with Gasteiger partial charge in [0.2, 0.25) is 5.75 Å². The Morgan fingerprint density at radius 3 is 2.71 bits per heavy atom. The Balaban J connectivity index is 1.81. The fraction of sp³-hybridized carbons (Fsp3) is 0.235. The number of imidazole rings is 1. The number of rotatable bonds is 6. The Kier molecular flexibility index (Phi) is 5.54. The fourth-order valence-corrected chi connectivity index (χ4v) is 2.91. The molecule has 14 heteroatoms. The Bertz CT molecular complexity index is 1350. The molecule has 0 bridgehead atoms. The number of hydrogen-bond donors (Lipinski definition) is 2. The van der Waals surface area contributed by atoms with Crippen LogP contribution in [0.2, 0.25) is 0 Å². The zero-order valence-corrected chi connectivity index (χ0v) is 16.6. The first-order valence-corrected chi connectivity index (χ1v) is 8.63. The number of carbonyl (C=O) groups is 1. The summed E-state index contributed by atoms with van der Waals surface area (Å²) in [6.07, 6.45) is 2.38. The van der Waals surface area contributed by atoms with E-state index in [1.165, 1.54) is 42.7 Å². The number of nitrogens with one attached hydrogen (secondary N) is 1. The van der Waals surface area contributed by atoms with Gasteiger partial charge in [-0.15, -0.1) is 0 Å². The van der Waals surface area contributed by atoms with E-state index in [2.05, 4.69) is 15.5 Å². The number of amides is 1. The molecule has 3 rings (SSSR count). The first-order valence-electron chi connectivity index (χ1n) is 8.63. The standard InChI is InChI=1S/C17H17N7O7/c1-21-15-13(16(27)22(2)17(21)28)18-8-23(15)7-12(25)20-19-6-9-4-10(24(29)30)14(26)11(5-9)31-3/h4-6,8,26H,7H2,1-3H3,(H,20,25)/b19-6+. The molecule has 3 aromatic rings. The molecule has 1 amide bonds. The summed E-state index contributed by atoms with van der Waals surface area (Å²) >= 11 is 0. The predicted molar refractivity (Wildman–Crippen MR) is 107 cm³/mol. The number of methoxy groups -OCH3 is 1. The van der Waals surface area contributed by atoms with E-state index in [0.29, 0.717) is 0 Å². The zero-order valence-electron chi connectivity index (χ0n) is 16.6. The number of nitro groups is 1. The minimum atomic E-state index is -0.785. The zero-order chi connectivity index (χ0) is 22.9. The summed E-state index contributed by atoms with van der Waals surface area (Å²) in [5.41, 5.74) is 0.894. The molecule has 0 aliphatic carbocycles. The highest BCUT2D eigenvalue weighted by Gasteiger charge is 2.19. The minimum Gasteiger partial charge on any atom is -0.500 e. The second-order valence-corrected chi connectivity index (χ2v) is 6.39. The molecule has 0 atom stereocenters. The molecule has 2 heterocycles. The number of aromatic nitrogens is 4. The van der Waals surface area contributed by atoms with Gasteiger partial charge in [-0.2, -0.15) is 5.10 Å². The number of aryl methyl sites for hydroxylation is 1. The van der Waals surface area contributed by atoms with Crippen LogP contribution in [0.25, 0.3) is 11.2 Å². The van der Waals surface area contributed by atoms with E-state index in [9.17, 15) is 29.6 Å². The third kappa shape index (κ3) is 3.85. The Morgan fingerprint density at radius 1 is 1.35 bits per heavy atom. The largest absolute Gasteiger partial charge is 0.500 e. The van der Waals surface area contributed by atoms with Crippen LogP contribution in [0.15, 0.2) is 33.2 Å². The van der Waals surface area contributed by atoms with Gasteiger partial charge in [0.25, 0.3) is 11.5 Å². The van der Waals surface area contributed by atoms with Crippen LogP contribution in [-0.4, -0.2) is 47.9 Å². The third-order valence-electron chi connectivity index (χ3n) is 4.42. The molecule has 0 aliphatic heterocycles. The lowest BCUT2D eigenvalue weighted by atomic mass is 10.2. The number of ether oxygens (including phenoxy) is 1. The van der Waals surface area contributed by atoms with E-state index in [4.69, 9.17) is 4.74 Å². The van der Waals surface area contributed by atoms with Crippen molar-refractivity contribution in [3.8, 4) is 11.5 Å². The van der Waals surface area contributed by atoms with Crippen molar-refractivity contribution in [1.82, 2.24) is 24.1 Å². The summed E-state index contributed by atoms with van der Waals surface area (Å²) in [4.78, 5) is 50.7. The number of hydrazone groups is 1. The summed E-state index contributed by atoms with van der Waals surface area (Å²) in [6, 6.07) is 2.36. The Labute approximate surface area is 172 Å². The Hall–Kier alpha value is -4.49. The van der Waals surface area contributed by atoms with Gasteiger partial charge in [-0.25, -0.2) is 15.2 Å². The molecule has 0 aliphatic rings. The van der Waals surface area contributed by atoms with E-state index in [-0.39, 0.29) is 29.0 Å². The SMILES string of the molecule is COc1cc(/C=N/NC(=O)Cn2cnc3c(=O)n(C)c(=O)n(C)c32)cc([N+](=O)[O-])c1O. The van der Waals surface area contributed by atoms with Crippen LogP contribution >= 0.6 is 0 Å². The quantitative estimate of drug-likeness (QED) is 0.290. The summed E-state index contributed by atoms with van der Waals surface area (Å²) < 4.78 is 8.31. The number of nitro benzene ring substituents is 1. The van der Waals surface area contributed by atoms with Crippen LogP contribution in [0.4, 0.5) is 5.69 Å². The number of benzene rings is 1. The lowest BCUT2D eigenvalue weighted by Crippen LogP contribution is -2.37. The van der Waals surface area contributed by atoms with E-state index < -0.39 is 33.5 Å². The molecule has 14 nitrogen and oxygen atoms in total. The first-order chi connectivity index (χ1) is 14.6. The van der Waals surface area contributed by atoms with Crippen LogP contribution in [0.5, 0.6) is 11.5 Å². The molecule has 0 saturated carbocycles. The normalized spacial score (nSPS) is 11.2. The smallest absolute Gasteiger partial charge is 0.332 e. The number of carbonyl (C=O) groups excluding carboxylic acids is 1. The van der Waals surface area contributed by atoms with Crippen LogP contribution < -0.4 is 21.4 Å². The van der Waals surface area contributed by atoms with E-state index in [1.807, 2.05) is 0 Å². The topological polar surface area (TPSA) is 176 Å². The highest BCUT2D eigenvalue weighted by atomic mass is 16.6. The molecular weight excluding hydrogens is 414 g/mol. The molecule has 2 aromatic heterocycles. The summed E-state index contributed by atoms with van der Waals surface area (Å²) in [5.74, 6) is -1.37. The Morgan fingerprint density at radius 2 is 2.06 bits per heavy atom. The number of phenols is 1. The predicted octanol–water partition coefficient (Wildman–Crippen LogP) is -0.794. The van der Waals surface area contributed by atoms with Crippen molar-refractivity contribution in [2.24, 2.45) is 19.2 Å². The number of phenolic OH excluding ortho intramolecular Hbond substituents is 1. The van der Waals surface area contributed by atoms with Gasteiger partial charge in [0.1, 0.15) is 12.2 Å². The average molecular weight is 431 g/mol. The van der Waals surface area contributed by atoms with Crippen molar-refractivity contribution in [3.63, 3.8) is 0 Å². The second kappa shape index (κ2) is 8.10. The van der Waals surface area contributed by atoms with Crippen molar-refractivity contribution in [3.05, 3.63) is 55.0 Å². The lowest BCUT2D eigenvalue weighted by molar-refractivity contribution is -0.386. The molecular formula is C17H17N7O7. The van der Waals surface area contributed by atoms with E-state index in [1.54, 1.807) is 0 Å². The van der Waals surface area contributed by atoms with E-state index >= 15 is 0 Å². The molecule has 0 saturated heterocycles. The highest BCUT2D eigenvalue weighted by Crippen LogP contribution is 2.36. The number of fused-ring (bicyclic) bond motifs is 1. The van der Waals surface area contributed by atoms with E-state index in [0.717, 1.165) is 16.8 Å². The van der Waals surface area contributed by atoms with Gasteiger partial charge in [0, 0.05) is 25.7 Å². The van der Waals surface area contributed by atoms with Gasteiger partial charge in [0.05, 0.1) is 24.6 Å². The van der Waals surface area contributed by atoms with Gasteiger partial charge in [-0.1, -0.05) is 0 Å². The summed E-state index contributed by atoms with van der Waals surface area (Å²) in [5, 5.41) is 24.5. The number of aromatic hydroxyl groups is 1. The summed E-state index contributed by atoms with van der Waals surface area (Å²) in [7, 11) is 4.01. The van der Waals surface area contributed by atoms with Gasteiger partial charge in [-0.3, -0.25) is 28.8 Å². The van der Waals surface area contributed by atoms with Gasteiger partial charge in [0.15, 0.2) is 11.3 Å². The molecule has 162 valence electrons. The second-order valence-electron chi connectivity index (χ2n) is 6.39. The van der Waals surface area contributed by atoms with Crippen LogP contribution in [0.1, 0.15) is 5.56 Å².